The number of carbonyl (C=O) groups excluding carboxylic acids is 1. The Morgan fingerprint density at radius 1 is 1.00 bits per heavy atom. The predicted molar refractivity (Wildman–Crippen MR) is 182 cm³/mol. The van der Waals surface area contributed by atoms with Gasteiger partial charge in [-0.05, 0) is 115 Å². The van der Waals surface area contributed by atoms with Gasteiger partial charge in [0.25, 0.3) is 0 Å². The van der Waals surface area contributed by atoms with E-state index in [1.807, 2.05) is 85.8 Å². The Bertz CT molecular complexity index is 1160. The molecule has 1 aliphatic heterocycles. The molecule has 238 valence electrons. The Hall–Kier alpha value is -2.48. The van der Waals surface area contributed by atoms with Crippen molar-refractivity contribution in [2.45, 2.75) is 106 Å². The number of carbonyl (C=O) groups is 1. The van der Waals surface area contributed by atoms with Crippen LogP contribution in [0.15, 0.2) is 64.7 Å². The number of hydrogen-bond acceptors (Lipinski definition) is 4. The van der Waals surface area contributed by atoms with E-state index in [0.29, 0.717) is 23.7 Å². The molecule has 0 radical (unpaired) electrons. The summed E-state index contributed by atoms with van der Waals surface area (Å²) in [6.07, 6.45) is 11.5. The number of hydrogen-bond donors (Lipinski definition) is 2. The Kier molecular flexibility index (Phi) is 20.0. The number of amides is 1. The third-order valence-corrected chi connectivity index (χ3v) is 8.71. The summed E-state index contributed by atoms with van der Waals surface area (Å²) in [6.45, 7) is 27.5. The summed E-state index contributed by atoms with van der Waals surface area (Å²) in [5.41, 5.74) is 6.11. The highest BCUT2D eigenvalue weighted by atomic mass is 32.2. The van der Waals surface area contributed by atoms with Crippen LogP contribution in [-0.4, -0.2) is 44.8 Å². The molecule has 1 heterocycles. The Morgan fingerprint density at radius 3 is 2.05 bits per heavy atom. The minimum atomic E-state index is -3.34. The summed E-state index contributed by atoms with van der Waals surface area (Å²) in [5, 5.41) is 6.06. The smallest absolute Gasteiger partial charge is 0.243 e. The third-order valence-electron chi connectivity index (χ3n) is 6.81. The minimum absolute atomic E-state index is 0.00458. The van der Waals surface area contributed by atoms with Gasteiger partial charge >= 0.3 is 0 Å². The lowest BCUT2D eigenvalue weighted by Gasteiger charge is -2.26. The van der Waals surface area contributed by atoms with Crippen LogP contribution in [0.5, 0.6) is 0 Å². The first-order valence-electron chi connectivity index (χ1n) is 15.5. The van der Waals surface area contributed by atoms with E-state index < -0.39 is 10.0 Å². The topological polar surface area (TPSA) is 78.5 Å². The second-order valence-electron chi connectivity index (χ2n) is 11.4. The van der Waals surface area contributed by atoms with Crippen LogP contribution >= 0.6 is 0 Å². The Labute approximate surface area is 258 Å². The fourth-order valence-corrected chi connectivity index (χ4v) is 5.40. The zero-order chi connectivity index (χ0) is 32.3. The van der Waals surface area contributed by atoms with Gasteiger partial charge in [-0.3, -0.25) is 4.79 Å². The molecule has 6 nitrogen and oxygen atoms in total. The molecule has 0 spiro atoms. The van der Waals surface area contributed by atoms with Crippen molar-refractivity contribution in [1.82, 2.24) is 14.9 Å². The van der Waals surface area contributed by atoms with Gasteiger partial charge in [0, 0.05) is 24.7 Å². The van der Waals surface area contributed by atoms with Gasteiger partial charge in [-0.1, -0.05) is 70.6 Å². The molecule has 7 heteroatoms. The highest BCUT2D eigenvalue weighted by Crippen LogP contribution is 2.26. The van der Waals surface area contributed by atoms with E-state index in [2.05, 4.69) is 31.1 Å². The summed E-state index contributed by atoms with van der Waals surface area (Å²) >= 11 is 0. The summed E-state index contributed by atoms with van der Waals surface area (Å²) in [5.74, 6) is -0.0112. The van der Waals surface area contributed by atoms with Crippen LogP contribution in [-0.2, 0) is 14.8 Å². The van der Waals surface area contributed by atoms with E-state index in [9.17, 15) is 13.2 Å². The highest BCUT2D eigenvalue weighted by Gasteiger charge is 2.26. The van der Waals surface area contributed by atoms with Gasteiger partial charge in [0.2, 0.25) is 15.9 Å². The zero-order valence-electron chi connectivity index (χ0n) is 28.2. The molecule has 1 aliphatic rings. The van der Waals surface area contributed by atoms with E-state index in [4.69, 9.17) is 0 Å². The van der Waals surface area contributed by atoms with Crippen molar-refractivity contribution < 1.29 is 13.2 Å². The molecule has 0 atom stereocenters. The summed E-state index contributed by atoms with van der Waals surface area (Å²) in [4.78, 5) is 11.8. The molecule has 0 unspecified atom stereocenters. The maximum absolute atomic E-state index is 12.7. The van der Waals surface area contributed by atoms with E-state index in [0.717, 1.165) is 41.5 Å². The maximum atomic E-state index is 12.7. The number of aryl methyl sites for hydroxylation is 1. The molecule has 42 heavy (non-hydrogen) atoms. The molecular weight excluding hydrogens is 542 g/mol. The molecule has 1 aromatic carbocycles. The first kappa shape index (κ1) is 39.5. The number of sulfonamides is 1. The second kappa shape index (κ2) is 21.2. The largest absolute Gasteiger partial charge is 0.326 e. The number of benzene rings is 1. The minimum Gasteiger partial charge on any atom is -0.326 e. The van der Waals surface area contributed by atoms with E-state index in [1.165, 1.54) is 31.5 Å². The first-order valence-corrected chi connectivity index (χ1v) is 16.9. The lowest BCUT2D eigenvalue weighted by Crippen LogP contribution is -2.35. The average Bonchev–Trinajstić information content (AvgIpc) is 2.96. The van der Waals surface area contributed by atoms with Crippen molar-refractivity contribution in [2.24, 2.45) is 5.92 Å². The number of piperidine rings is 1. The van der Waals surface area contributed by atoms with E-state index in [-0.39, 0.29) is 11.8 Å². The van der Waals surface area contributed by atoms with Gasteiger partial charge in [-0.15, -0.1) is 0 Å². The van der Waals surface area contributed by atoms with Crippen molar-refractivity contribution in [1.29, 1.82) is 0 Å². The lowest BCUT2D eigenvalue weighted by atomic mass is 10.0. The molecule has 0 bridgehead atoms. The number of rotatable bonds is 11. The van der Waals surface area contributed by atoms with Gasteiger partial charge in [0.1, 0.15) is 0 Å². The monoisotopic (exact) mass is 601 g/mol. The van der Waals surface area contributed by atoms with E-state index in [1.54, 1.807) is 10.4 Å². The standard InChI is InChI=1S/C16H23NO2S.C13H21NO.C6H15N/c1-4-13(2)16-12-15(9-8-14(16)3)20(18,19)17-10-6-5-7-11-17;1-9(2)7-8-11(5)12(6)14-13(15)10(3)4;1-3-5-7-6-4-2/h4,8-9,12H,5-7,10-11H2,1-3H3;7-8,10H,6H2,1-5H3,(H,14,15);7H,3-6H2,1-2H3/b13-4-;11-8-;. The first-order chi connectivity index (χ1) is 19.7. The highest BCUT2D eigenvalue weighted by molar-refractivity contribution is 7.89. The quantitative estimate of drug-likeness (QED) is 0.198. The molecule has 2 rings (SSSR count). The predicted octanol–water partition coefficient (Wildman–Crippen LogP) is 8.17. The molecule has 1 amide bonds. The molecule has 2 N–H and O–H groups in total. The van der Waals surface area contributed by atoms with Crippen molar-refractivity contribution in [2.75, 3.05) is 26.2 Å². The molecule has 0 saturated carbocycles. The zero-order valence-corrected chi connectivity index (χ0v) is 29.0. The van der Waals surface area contributed by atoms with Crippen LogP contribution in [0, 0.1) is 12.8 Å². The number of nitrogens with zero attached hydrogens (tertiary/aromatic N) is 1. The van der Waals surface area contributed by atoms with Crippen LogP contribution in [0.25, 0.3) is 5.57 Å². The molecule has 1 saturated heterocycles. The molecule has 0 aliphatic carbocycles. The van der Waals surface area contributed by atoms with Crippen molar-refractivity contribution in [3.05, 3.63) is 71.0 Å². The maximum Gasteiger partial charge on any atom is 0.243 e. The van der Waals surface area contributed by atoms with Crippen LogP contribution < -0.4 is 10.6 Å². The number of allylic oxidation sites excluding steroid dienone is 6. The fraction of sp³-hybridized carbons (Fsp3) is 0.571. The van der Waals surface area contributed by atoms with Crippen molar-refractivity contribution in [3.63, 3.8) is 0 Å². The van der Waals surface area contributed by atoms with Gasteiger partial charge in [-0.25, -0.2) is 8.42 Å². The molecular formula is C35H59N3O3S. The van der Waals surface area contributed by atoms with Gasteiger partial charge in [-0.2, -0.15) is 4.31 Å². The summed E-state index contributed by atoms with van der Waals surface area (Å²) in [7, 11) is -3.34. The van der Waals surface area contributed by atoms with Gasteiger partial charge in [0.05, 0.1) is 4.90 Å². The molecule has 1 aromatic rings. The summed E-state index contributed by atoms with van der Waals surface area (Å²) in [6, 6.07) is 5.44. The lowest BCUT2D eigenvalue weighted by molar-refractivity contribution is -0.123. The fourth-order valence-electron chi connectivity index (χ4n) is 3.86. The van der Waals surface area contributed by atoms with Crippen LogP contribution in [0.3, 0.4) is 0 Å². The Balaban J connectivity index is 0.000000674. The van der Waals surface area contributed by atoms with E-state index >= 15 is 0 Å². The number of nitrogens with one attached hydrogen (secondary N) is 2. The van der Waals surface area contributed by atoms with Crippen LogP contribution in [0.2, 0.25) is 0 Å². The molecule has 1 fully saturated rings. The summed E-state index contributed by atoms with van der Waals surface area (Å²) < 4.78 is 27.0. The normalized spacial score (nSPS) is 14.3. The van der Waals surface area contributed by atoms with Crippen molar-refractivity contribution >= 4 is 21.5 Å². The SMILES string of the molecule is C/C=C(/C)c1cc(S(=O)(=O)N2CCCCC2)ccc1C.C=C(NC(=O)C(C)C)/C(C)=C\C=C(C)C.CCCNCCC. The second-order valence-corrected chi connectivity index (χ2v) is 13.3. The van der Waals surface area contributed by atoms with Gasteiger partial charge < -0.3 is 10.6 Å². The molecule has 0 aromatic heterocycles. The van der Waals surface area contributed by atoms with Gasteiger partial charge in [0.15, 0.2) is 0 Å². The van der Waals surface area contributed by atoms with Crippen LogP contribution in [0.4, 0.5) is 0 Å². The third kappa shape index (κ3) is 15.1. The Morgan fingerprint density at radius 2 is 1.57 bits per heavy atom. The van der Waals surface area contributed by atoms with Crippen LogP contribution in [0.1, 0.15) is 106 Å². The average molecular weight is 602 g/mol. The van der Waals surface area contributed by atoms with Crippen molar-refractivity contribution in [3.8, 4) is 0 Å².